The minimum absolute atomic E-state index is 1.14. The first-order valence-electron chi connectivity index (χ1n) is 6.98. The summed E-state index contributed by atoms with van der Waals surface area (Å²) in [5.41, 5.74) is 0. The molecular weight excluding hydrogens is 264 g/mol. The van der Waals surface area contributed by atoms with Gasteiger partial charge in [0, 0.05) is 7.11 Å². The molecule has 0 aromatic rings. The van der Waals surface area contributed by atoms with E-state index in [9.17, 15) is 0 Å². The summed E-state index contributed by atoms with van der Waals surface area (Å²) in [7, 11) is -0.485. The van der Waals surface area contributed by atoms with Gasteiger partial charge in [-0.2, -0.15) is 11.1 Å². The average molecular weight is 297 g/mol. The smallest absolute Gasteiger partial charge is 0.192 e. The fourth-order valence-corrected chi connectivity index (χ4v) is 6.14. The normalized spacial score (nSPS) is 12.0. The molecule has 0 bridgehead atoms. The van der Waals surface area contributed by atoms with Gasteiger partial charge >= 0.3 is 0 Å². The molecule has 0 aliphatic rings. The van der Waals surface area contributed by atoms with E-state index >= 15 is 0 Å². The molecule has 0 aromatic heterocycles. The van der Waals surface area contributed by atoms with Crippen molar-refractivity contribution >= 4 is 26.8 Å². The van der Waals surface area contributed by atoms with Crippen molar-refractivity contribution in [3.8, 4) is 0 Å². The summed E-state index contributed by atoms with van der Waals surface area (Å²) in [5, 5.41) is 0. The molecule has 0 unspecified atom stereocenters. The van der Waals surface area contributed by atoms with Gasteiger partial charge in [-0.05, 0) is 18.1 Å². The maximum absolute atomic E-state index is 5.80. The second kappa shape index (κ2) is 10.6. The van der Waals surface area contributed by atoms with Crippen molar-refractivity contribution in [3.05, 3.63) is 0 Å². The molecule has 4 heteroatoms. The van der Waals surface area contributed by atoms with E-state index in [-0.39, 0.29) is 0 Å². The van der Waals surface area contributed by atoms with E-state index in [1.807, 2.05) is 7.11 Å². The molecule has 17 heavy (non-hydrogen) atoms. The molecule has 0 N–H and O–H groups in total. The van der Waals surface area contributed by atoms with Gasteiger partial charge in [0.05, 0.1) is 0 Å². The zero-order chi connectivity index (χ0) is 13.9. The summed E-state index contributed by atoms with van der Waals surface area (Å²) in [6.45, 7) is 13.1. The molecule has 0 saturated heterocycles. The first kappa shape index (κ1) is 20.0. The van der Waals surface area contributed by atoms with E-state index in [1.165, 1.54) is 37.4 Å². The number of hydrogen-bond donors (Lipinski definition) is 0. The molecular formula is C13H33ClOSi2. The Labute approximate surface area is 116 Å². The van der Waals surface area contributed by atoms with Crippen LogP contribution in [0.1, 0.15) is 40.0 Å². The van der Waals surface area contributed by atoms with Crippen molar-refractivity contribution in [2.45, 2.75) is 77.8 Å². The van der Waals surface area contributed by atoms with Gasteiger partial charge in [0.2, 0.25) is 0 Å². The second-order valence-corrected chi connectivity index (χ2v) is 17.5. The maximum Gasteiger partial charge on any atom is 0.192 e. The maximum atomic E-state index is 5.80. The number of rotatable bonds is 7. The Morgan fingerprint density at radius 3 is 1.18 bits per heavy atom. The molecule has 0 fully saturated rings. The molecule has 0 rings (SSSR count). The van der Waals surface area contributed by atoms with Crippen molar-refractivity contribution in [2.75, 3.05) is 7.11 Å². The van der Waals surface area contributed by atoms with Crippen LogP contribution in [0, 0.1) is 0 Å². The lowest BCUT2D eigenvalue weighted by Gasteiger charge is -2.28. The number of halogens is 1. The monoisotopic (exact) mass is 296 g/mol. The Balaban J connectivity index is 0. The van der Waals surface area contributed by atoms with Crippen LogP contribution in [-0.4, -0.2) is 22.8 Å². The zero-order valence-electron chi connectivity index (χ0n) is 13.0. The Morgan fingerprint density at radius 1 is 0.824 bits per heavy atom. The van der Waals surface area contributed by atoms with Gasteiger partial charge in [-0.25, -0.2) is 0 Å². The molecule has 0 spiro atoms. The van der Waals surface area contributed by atoms with Gasteiger partial charge in [0.15, 0.2) is 8.32 Å². The molecule has 0 aromatic carbocycles. The van der Waals surface area contributed by atoms with Gasteiger partial charge in [-0.1, -0.05) is 59.7 Å². The first-order chi connectivity index (χ1) is 7.74. The zero-order valence-corrected chi connectivity index (χ0v) is 15.8. The molecule has 0 amide bonds. The van der Waals surface area contributed by atoms with Crippen LogP contribution in [0.5, 0.6) is 0 Å². The summed E-state index contributed by atoms with van der Waals surface area (Å²) in [5.74, 6) is 0. The SMILES string of the molecule is CCC[Si](CCC)(CCC)OC.C[Si](C)(C)Cl. The Bertz CT molecular complexity index is 146. The van der Waals surface area contributed by atoms with Crippen LogP contribution < -0.4 is 0 Å². The highest BCUT2D eigenvalue weighted by Crippen LogP contribution is 2.26. The Hall–Kier alpha value is 0.684. The summed E-state index contributed by atoms with van der Waals surface area (Å²) in [4.78, 5) is 0. The third-order valence-corrected chi connectivity index (χ3v) is 7.65. The molecule has 0 atom stereocenters. The van der Waals surface area contributed by atoms with Gasteiger partial charge in [-0.3, -0.25) is 0 Å². The summed E-state index contributed by atoms with van der Waals surface area (Å²) in [6.07, 6.45) is 3.88. The molecule has 0 aliphatic carbocycles. The van der Waals surface area contributed by atoms with Crippen molar-refractivity contribution < 1.29 is 4.43 Å². The first-order valence-corrected chi connectivity index (χ1v) is 14.0. The van der Waals surface area contributed by atoms with E-state index < -0.39 is 15.7 Å². The van der Waals surface area contributed by atoms with E-state index in [0.29, 0.717) is 0 Å². The fourth-order valence-electron chi connectivity index (χ4n) is 2.05. The summed E-state index contributed by atoms with van der Waals surface area (Å²) in [6, 6.07) is 4.06. The van der Waals surface area contributed by atoms with Crippen LogP contribution in [-0.2, 0) is 4.43 Å². The lowest BCUT2D eigenvalue weighted by Crippen LogP contribution is -2.36. The van der Waals surface area contributed by atoms with Crippen molar-refractivity contribution in [1.82, 2.24) is 0 Å². The lowest BCUT2D eigenvalue weighted by atomic mass is 10.6. The molecule has 0 saturated carbocycles. The number of hydrogen-bond acceptors (Lipinski definition) is 1. The van der Waals surface area contributed by atoms with E-state index in [1.54, 1.807) is 0 Å². The second-order valence-electron chi connectivity index (χ2n) is 5.70. The highest BCUT2D eigenvalue weighted by molar-refractivity contribution is 7.18. The minimum Gasteiger partial charge on any atom is -0.420 e. The van der Waals surface area contributed by atoms with Crippen LogP contribution in [0.4, 0.5) is 0 Å². The van der Waals surface area contributed by atoms with Gasteiger partial charge in [-0.15, -0.1) is 0 Å². The minimum atomic E-state index is -1.27. The summed E-state index contributed by atoms with van der Waals surface area (Å²) < 4.78 is 5.80. The lowest BCUT2D eigenvalue weighted by molar-refractivity contribution is 0.386. The van der Waals surface area contributed by atoms with E-state index in [2.05, 4.69) is 40.4 Å². The molecule has 0 aliphatic heterocycles. The predicted octanol–water partition coefficient (Wildman–Crippen LogP) is 5.87. The molecule has 1 nitrogen and oxygen atoms in total. The van der Waals surface area contributed by atoms with E-state index in [4.69, 9.17) is 15.5 Å². The quantitative estimate of drug-likeness (QED) is 0.422. The van der Waals surface area contributed by atoms with Gasteiger partial charge in [0.25, 0.3) is 0 Å². The average Bonchev–Trinajstić information content (AvgIpc) is 2.16. The van der Waals surface area contributed by atoms with Crippen molar-refractivity contribution in [3.63, 3.8) is 0 Å². The van der Waals surface area contributed by atoms with Crippen LogP contribution in [0.25, 0.3) is 0 Å². The van der Waals surface area contributed by atoms with Crippen molar-refractivity contribution in [1.29, 1.82) is 0 Å². The largest absolute Gasteiger partial charge is 0.420 e. The topological polar surface area (TPSA) is 9.23 Å². The highest BCUT2D eigenvalue weighted by Gasteiger charge is 2.30. The highest BCUT2D eigenvalue weighted by atomic mass is 35.6. The van der Waals surface area contributed by atoms with Crippen molar-refractivity contribution in [2.24, 2.45) is 0 Å². The van der Waals surface area contributed by atoms with Crippen LogP contribution in [0.2, 0.25) is 37.8 Å². The summed E-state index contributed by atoms with van der Waals surface area (Å²) >= 11 is 5.67. The Morgan fingerprint density at radius 2 is 1.06 bits per heavy atom. The van der Waals surface area contributed by atoms with Crippen LogP contribution >= 0.6 is 11.1 Å². The van der Waals surface area contributed by atoms with E-state index in [0.717, 1.165) is 0 Å². The third kappa shape index (κ3) is 14.6. The Kier molecular flexibility index (Phi) is 12.5. The standard InChI is InChI=1S/C10H24OSi.C3H9ClSi/c1-5-8-12(11-4,9-6-2)10-7-3;1-5(2,3)4/h5-10H2,1-4H3;1-3H3. The van der Waals surface area contributed by atoms with Crippen LogP contribution in [0.15, 0.2) is 0 Å². The molecule has 0 radical (unpaired) electrons. The molecule has 106 valence electrons. The van der Waals surface area contributed by atoms with Gasteiger partial charge < -0.3 is 4.43 Å². The predicted molar refractivity (Wildman–Crippen MR) is 87.3 cm³/mol. The van der Waals surface area contributed by atoms with Crippen LogP contribution in [0.3, 0.4) is 0 Å². The fraction of sp³-hybridized carbons (Fsp3) is 1.00. The van der Waals surface area contributed by atoms with Gasteiger partial charge in [0.1, 0.15) is 7.38 Å². The third-order valence-electron chi connectivity index (χ3n) is 2.55. The molecule has 0 heterocycles.